The van der Waals surface area contributed by atoms with Crippen LogP contribution in [-0.4, -0.2) is 43.7 Å². The number of benzene rings is 1. The van der Waals surface area contributed by atoms with Crippen LogP contribution in [0.25, 0.3) is 0 Å². The summed E-state index contributed by atoms with van der Waals surface area (Å²) in [7, 11) is 0. The summed E-state index contributed by atoms with van der Waals surface area (Å²) in [5, 5.41) is 0. The van der Waals surface area contributed by atoms with Gasteiger partial charge in [-0.2, -0.15) is 0 Å². The molecule has 0 unspecified atom stereocenters. The van der Waals surface area contributed by atoms with Crippen LogP contribution in [0, 0.1) is 0 Å². The quantitative estimate of drug-likeness (QED) is 0.282. The molecule has 116 valence electrons. The van der Waals surface area contributed by atoms with E-state index in [9.17, 15) is 0 Å². The molecule has 5 heteroatoms. The zero-order valence-electron chi connectivity index (χ0n) is 12.8. The van der Waals surface area contributed by atoms with Gasteiger partial charge in [-0.15, -0.1) is 0 Å². The Kier molecular flexibility index (Phi) is 6.50. The van der Waals surface area contributed by atoms with Crippen molar-refractivity contribution in [3.05, 3.63) is 35.4 Å². The van der Waals surface area contributed by atoms with Gasteiger partial charge in [0.2, 0.25) is 5.96 Å². The van der Waals surface area contributed by atoms with Gasteiger partial charge in [0, 0.05) is 32.8 Å². The number of hydrogen-bond acceptors (Lipinski definition) is 3. The van der Waals surface area contributed by atoms with E-state index in [4.69, 9.17) is 10.6 Å². The summed E-state index contributed by atoms with van der Waals surface area (Å²) < 4.78 is 5.32. The van der Waals surface area contributed by atoms with Crippen LogP contribution in [0.15, 0.2) is 29.3 Å². The summed E-state index contributed by atoms with van der Waals surface area (Å²) in [5.41, 5.74) is 5.63. The molecule has 0 saturated carbocycles. The van der Waals surface area contributed by atoms with E-state index in [2.05, 4.69) is 39.6 Å². The second kappa shape index (κ2) is 8.64. The Hall–Kier alpha value is -1.59. The van der Waals surface area contributed by atoms with E-state index in [0.29, 0.717) is 0 Å². The van der Waals surface area contributed by atoms with Crippen LogP contribution in [0.3, 0.4) is 0 Å². The van der Waals surface area contributed by atoms with Gasteiger partial charge in [-0.25, -0.2) is 5.84 Å². The Morgan fingerprint density at radius 1 is 1.29 bits per heavy atom. The van der Waals surface area contributed by atoms with Gasteiger partial charge in [0.05, 0.1) is 0 Å². The third kappa shape index (κ3) is 4.72. The van der Waals surface area contributed by atoms with Crippen molar-refractivity contribution in [2.75, 3.05) is 32.8 Å². The molecule has 0 aliphatic carbocycles. The molecule has 2 rings (SSSR count). The van der Waals surface area contributed by atoms with Crippen molar-refractivity contribution in [3.63, 3.8) is 0 Å². The largest absolute Gasteiger partial charge is 0.382 e. The number of nitrogens with zero attached hydrogens (tertiary/aromatic N) is 2. The van der Waals surface area contributed by atoms with Gasteiger partial charge in [-0.05, 0) is 37.3 Å². The number of nitrogens with two attached hydrogens (primary N) is 1. The highest BCUT2D eigenvalue weighted by Crippen LogP contribution is 2.15. The van der Waals surface area contributed by atoms with E-state index >= 15 is 0 Å². The lowest BCUT2D eigenvalue weighted by Gasteiger charge is -2.23. The van der Waals surface area contributed by atoms with E-state index in [1.807, 2.05) is 6.92 Å². The molecule has 21 heavy (non-hydrogen) atoms. The Morgan fingerprint density at radius 3 is 2.52 bits per heavy atom. The number of aliphatic imine (C=N–C) groups is 1. The van der Waals surface area contributed by atoms with Gasteiger partial charge in [-0.1, -0.05) is 24.3 Å². The number of rotatable bonds is 5. The van der Waals surface area contributed by atoms with Crippen LogP contribution >= 0.6 is 0 Å². The zero-order chi connectivity index (χ0) is 14.9. The predicted octanol–water partition coefficient (Wildman–Crippen LogP) is 1.33. The third-order valence-corrected chi connectivity index (χ3v) is 3.76. The fourth-order valence-electron chi connectivity index (χ4n) is 2.61. The molecule has 5 nitrogen and oxygen atoms in total. The second-order valence-corrected chi connectivity index (χ2v) is 5.16. The van der Waals surface area contributed by atoms with Crippen LogP contribution in [0.4, 0.5) is 0 Å². The van der Waals surface area contributed by atoms with Crippen LogP contribution in [-0.2, 0) is 17.6 Å². The molecule has 0 spiro atoms. The minimum absolute atomic E-state index is 0.739. The minimum atomic E-state index is 0.739. The smallest absolute Gasteiger partial charge is 0.208 e. The third-order valence-electron chi connectivity index (χ3n) is 3.76. The molecule has 1 aromatic carbocycles. The number of fused-ring (bicyclic) bond motifs is 1. The Bertz CT molecular complexity index is 434. The Labute approximate surface area is 127 Å². The molecule has 0 saturated heterocycles. The lowest BCUT2D eigenvalue weighted by atomic mass is 10.0. The molecule has 0 radical (unpaired) electrons. The van der Waals surface area contributed by atoms with Gasteiger partial charge in [0.1, 0.15) is 0 Å². The van der Waals surface area contributed by atoms with E-state index < -0.39 is 0 Å². The average Bonchev–Trinajstić information content (AvgIpc) is 2.74. The zero-order valence-corrected chi connectivity index (χ0v) is 12.8. The first-order valence-electron chi connectivity index (χ1n) is 7.75. The highest BCUT2D eigenvalue weighted by atomic mass is 16.5. The van der Waals surface area contributed by atoms with Crippen molar-refractivity contribution in [1.82, 2.24) is 10.3 Å². The first kappa shape index (κ1) is 15.8. The lowest BCUT2D eigenvalue weighted by Crippen LogP contribution is -2.46. The molecule has 0 atom stereocenters. The number of guanidine groups is 1. The van der Waals surface area contributed by atoms with Gasteiger partial charge in [-0.3, -0.25) is 10.4 Å². The summed E-state index contributed by atoms with van der Waals surface area (Å²) in [4.78, 5) is 6.81. The van der Waals surface area contributed by atoms with Crippen molar-refractivity contribution in [3.8, 4) is 0 Å². The van der Waals surface area contributed by atoms with Crippen LogP contribution in [0.5, 0.6) is 0 Å². The summed E-state index contributed by atoms with van der Waals surface area (Å²) >= 11 is 0. The SMILES string of the molecule is CCOCCCN=C(NN)N1CCc2ccccc2CC1. The van der Waals surface area contributed by atoms with E-state index in [1.54, 1.807) is 0 Å². The van der Waals surface area contributed by atoms with Crippen molar-refractivity contribution in [1.29, 1.82) is 0 Å². The molecule has 3 N–H and O–H groups in total. The molecule has 0 aromatic heterocycles. The van der Waals surface area contributed by atoms with Crippen LogP contribution in [0.1, 0.15) is 24.5 Å². The second-order valence-electron chi connectivity index (χ2n) is 5.16. The van der Waals surface area contributed by atoms with Crippen molar-refractivity contribution in [2.24, 2.45) is 10.8 Å². The molecular weight excluding hydrogens is 264 g/mol. The standard InChI is InChI=1S/C16H26N4O/c1-2-21-13-5-10-18-16(19-17)20-11-8-14-6-3-4-7-15(14)9-12-20/h3-4,6-7H,2,5,8-13,17H2,1H3,(H,18,19). The number of ether oxygens (including phenoxy) is 1. The molecule has 1 heterocycles. The first-order valence-corrected chi connectivity index (χ1v) is 7.75. The monoisotopic (exact) mass is 290 g/mol. The molecule has 1 aromatic rings. The highest BCUT2D eigenvalue weighted by molar-refractivity contribution is 5.79. The number of hydrogen-bond donors (Lipinski definition) is 2. The Morgan fingerprint density at radius 2 is 1.95 bits per heavy atom. The molecule has 1 aliphatic rings. The maximum Gasteiger partial charge on any atom is 0.208 e. The minimum Gasteiger partial charge on any atom is -0.382 e. The topological polar surface area (TPSA) is 62.9 Å². The predicted molar refractivity (Wildman–Crippen MR) is 86.2 cm³/mol. The van der Waals surface area contributed by atoms with E-state index in [1.165, 1.54) is 11.1 Å². The van der Waals surface area contributed by atoms with Gasteiger partial charge in [0.25, 0.3) is 0 Å². The van der Waals surface area contributed by atoms with Crippen LogP contribution in [0.2, 0.25) is 0 Å². The van der Waals surface area contributed by atoms with E-state index in [0.717, 1.165) is 58.1 Å². The van der Waals surface area contributed by atoms with Crippen molar-refractivity contribution >= 4 is 5.96 Å². The van der Waals surface area contributed by atoms with Crippen LogP contribution < -0.4 is 11.3 Å². The Balaban J connectivity index is 1.89. The summed E-state index contributed by atoms with van der Waals surface area (Å²) in [6.45, 7) is 6.16. The molecule has 1 aliphatic heterocycles. The summed E-state index contributed by atoms with van der Waals surface area (Å²) in [6.07, 6.45) is 3.00. The maximum absolute atomic E-state index is 5.65. The average molecular weight is 290 g/mol. The van der Waals surface area contributed by atoms with Gasteiger partial charge >= 0.3 is 0 Å². The molecule has 0 amide bonds. The normalized spacial score (nSPS) is 15.5. The maximum atomic E-state index is 5.65. The first-order chi connectivity index (χ1) is 10.3. The fourth-order valence-corrected chi connectivity index (χ4v) is 2.61. The molecule has 0 fully saturated rings. The number of hydrazine groups is 1. The summed E-state index contributed by atoms with van der Waals surface area (Å²) in [5.74, 6) is 6.44. The fraction of sp³-hybridized carbons (Fsp3) is 0.562. The van der Waals surface area contributed by atoms with E-state index in [-0.39, 0.29) is 0 Å². The van der Waals surface area contributed by atoms with Crippen molar-refractivity contribution < 1.29 is 4.74 Å². The summed E-state index contributed by atoms with van der Waals surface area (Å²) in [6, 6.07) is 8.65. The van der Waals surface area contributed by atoms with Gasteiger partial charge < -0.3 is 9.64 Å². The molecule has 0 bridgehead atoms. The van der Waals surface area contributed by atoms with Crippen molar-refractivity contribution in [2.45, 2.75) is 26.2 Å². The lowest BCUT2D eigenvalue weighted by molar-refractivity contribution is 0.146. The molecular formula is C16H26N4O. The highest BCUT2D eigenvalue weighted by Gasteiger charge is 2.15. The number of nitrogens with one attached hydrogen (secondary N) is 1. The van der Waals surface area contributed by atoms with Gasteiger partial charge in [0.15, 0.2) is 0 Å².